The minimum Gasteiger partial charge on any atom is -0.367 e. The molecule has 0 spiro atoms. The molecule has 6 rings (SSSR count). The summed E-state index contributed by atoms with van der Waals surface area (Å²) in [5.74, 6) is 0.890. The minimum absolute atomic E-state index is 0.137. The fourth-order valence-corrected chi connectivity index (χ4v) is 5.13. The van der Waals surface area contributed by atoms with E-state index in [2.05, 4.69) is 49.4 Å². The fraction of sp³-hybridized carbons (Fsp3) is 0.194. The summed E-state index contributed by atoms with van der Waals surface area (Å²) < 4.78 is 0. The number of pyridine rings is 2. The summed E-state index contributed by atoms with van der Waals surface area (Å²) in [6.45, 7) is 2.84. The van der Waals surface area contributed by atoms with Crippen LogP contribution in [0.15, 0.2) is 90.0 Å². The van der Waals surface area contributed by atoms with E-state index in [9.17, 15) is 4.79 Å². The maximum atomic E-state index is 12.5. The Kier molecular flexibility index (Phi) is 6.81. The summed E-state index contributed by atoms with van der Waals surface area (Å²) in [4.78, 5) is 30.8. The van der Waals surface area contributed by atoms with Crippen molar-refractivity contribution in [3.8, 4) is 28.5 Å². The zero-order valence-electron chi connectivity index (χ0n) is 21.3. The van der Waals surface area contributed by atoms with Gasteiger partial charge < -0.3 is 10.3 Å². The monoisotopic (exact) mass is 513 g/mol. The van der Waals surface area contributed by atoms with E-state index in [0.717, 1.165) is 54.9 Å². The average Bonchev–Trinajstić information content (AvgIpc) is 2.99. The van der Waals surface area contributed by atoms with E-state index in [1.165, 1.54) is 5.56 Å². The molecule has 39 heavy (non-hydrogen) atoms. The maximum Gasteiger partial charge on any atom is 0.257 e. The molecule has 0 radical (unpaired) electrons. The zero-order chi connectivity index (χ0) is 26.6. The Morgan fingerprint density at radius 2 is 1.77 bits per heavy atom. The van der Waals surface area contributed by atoms with Crippen LogP contribution in [0.4, 0.5) is 5.82 Å². The number of H-pyrrole nitrogens is 1. The second-order valence-electron chi connectivity index (χ2n) is 9.76. The van der Waals surface area contributed by atoms with Crippen molar-refractivity contribution in [2.24, 2.45) is 0 Å². The number of benzene rings is 2. The SMILES string of the molecule is N#Cc1nccc(NC2CCN(Cc3ccc(-c4nc5cc[nH]c(=O)c5cc4-c4ccccc4)cc3)CC2)n1. The molecule has 8 nitrogen and oxygen atoms in total. The van der Waals surface area contributed by atoms with E-state index in [0.29, 0.717) is 22.8 Å². The van der Waals surface area contributed by atoms with Crippen LogP contribution in [0.5, 0.6) is 0 Å². The second-order valence-corrected chi connectivity index (χ2v) is 9.76. The Morgan fingerprint density at radius 1 is 0.974 bits per heavy atom. The van der Waals surface area contributed by atoms with E-state index in [-0.39, 0.29) is 11.4 Å². The Labute approximate surface area is 226 Å². The lowest BCUT2D eigenvalue weighted by atomic mass is 9.97. The van der Waals surface area contributed by atoms with Gasteiger partial charge in [0, 0.05) is 49.2 Å². The highest BCUT2D eigenvalue weighted by molar-refractivity contribution is 5.91. The first-order valence-electron chi connectivity index (χ1n) is 13.1. The number of likely N-dealkylation sites (tertiary alicyclic amines) is 1. The molecule has 2 aromatic carbocycles. The third kappa shape index (κ3) is 5.40. The molecule has 5 aromatic rings. The maximum absolute atomic E-state index is 12.5. The highest BCUT2D eigenvalue weighted by Crippen LogP contribution is 2.33. The van der Waals surface area contributed by atoms with Crippen molar-refractivity contribution in [1.82, 2.24) is 24.8 Å². The number of aromatic amines is 1. The van der Waals surface area contributed by atoms with Crippen LogP contribution in [-0.2, 0) is 6.54 Å². The molecule has 0 amide bonds. The fourth-order valence-electron chi connectivity index (χ4n) is 5.13. The molecule has 8 heteroatoms. The van der Waals surface area contributed by atoms with Gasteiger partial charge in [0.2, 0.25) is 5.82 Å². The number of hydrogen-bond acceptors (Lipinski definition) is 7. The van der Waals surface area contributed by atoms with Crippen LogP contribution in [0.2, 0.25) is 0 Å². The molecular formula is C31H27N7O. The van der Waals surface area contributed by atoms with Gasteiger partial charge in [0.25, 0.3) is 5.56 Å². The van der Waals surface area contributed by atoms with Crippen molar-refractivity contribution < 1.29 is 0 Å². The smallest absolute Gasteiger partial charge is 0.257 e. The van der Waals surface area contributed by atoms with Gasteiger partial charge in [-0.15, -0.1) is 0 Å². The number of rotatable bonds is 6. The van der Waals surface area contributed by atoms with Crippen LogP contribution in [0, 0.1) is 11.3 Å². The average molecular weight is 514 g/mol. The van der Waals surface area contributed by atoms with Gasteiger partial charge in [0.05, 0.1) is 16.6 Å². The summed E-state index contributed by atoms with van der Waals surface area (Å²) in [7, 11) is 0. The van der Waals surface area contributed by atoms with E-state index < -0.39 is 0 Å². The highest BCUT2D eigenvalue weighted by atomic mass is 16.1. The number of fused-ring (bicyclic) bond motifs is 1. The lowest BCUT2D eigenvalue weighted by molar-refractivity contribution is 0.211. The number of nitriles is 1. The molecule has 2 N–H and O–H groups in total. The molecular weight excluding hydrogens is 486 g/mol. The Morgan fingerprint density at radius 3 is 2.54 bits per heavy atom. The molecule has 1 aliphatic heterocycles. The largest absolute Gasteiger partial charge is 0.367 e. The summed E-state index contributed by atoms with van der Waals surface area (Å²) in [5.41, 5.74) is 5.63. The minimum atomic E-state index is -0.137. The molecule has 1 fully saturated rings. The quantitative estimate of drug-likeness (QED) is 0.329. The summed E-state index contributed by atoms with van der Waals surface area (Å²) in [6.07, 6.45) is 5.26. The molecule has 4 heterocycles. The van der Waals surface area contributed by atoms with Gasteiger partial charge in [-0.1, -0.05) is 54.6 Å². The van der Waals surface area contributed by atoms with Gasteiger partial charge >= 0.3 is 0 Å². The molecule has 192 valence electrons. The van der Waals surface area contributed by atoms with Crippen molar-refractivity contribution in [3.05, 3.63) is 107 Å². The second kappa shape index (κ2) is 10.9. The van der Waals surface area contributed by atoms with E-state index >= 15 is 0 Å². The first-order chi connectivity index (χ1) is 19.2. The molecule has 1 aliphatic rings. The van der Waals surface area contributed by atoms with Crippen molar-refractivity contribution in [2.45, 2.75) is 25.4 Å². The van der Waals surface area contributed by atoms with Gasteiger partial charge in [-0.3, -0.25) is 9.69 Å². The molecule has 0 aliphatic carbocycles. The van der Waals surface area contributed by atoms with E-state index in [1.54, 1.807) is 18.5 Å². The van der Waals surface area contributed by atoms with Crippen LogP contribution < -0.4 is 10.9 Å². The normalized spacial score (nSPS) is 14.2. The molecule has 1 saturated heterocycles. The molecule has 3 aromatic heterocycles. The van der Waals surface area contributed by atoms with Gasteiger partial charge in [0.15, 0.2) is 0 Å². The first kappa shape index (κ1) is 24.5. The van der Waals surface area contributed by atoms with Crippen molar-refractivity contribution in [3.63, 3.8) is 0 Å². The lowest BCUT2D eigenvalue weighted by Gasteiger charge is -2.32. The van der Waals surface area contributed by atoms with Crippen LogP contribution in [-0.4, -0.2) is 44.0 Å². The first-order valence-corrected chi connectivity index (χ1v) is 13.1. The van der Waals surface area contributed by atoms with E-state index in [1.807, 2.05) is 48.5 Å². The molecule has 0 unspecified atom stereocenters. The number of hydrogen-bond donors (Lipinski definition) is 2. The molecule has 0 saturated carbocycles. The number of piperidine rings is 1. The Balaban J connectivity index is 1.17. The Hall–Kier alpha value is -4.87. The summed E-state index contributed by atoms with van der Waals surface area (Å²) >= 11 is 0. The number of nitrogens with one attached hydrogen (secondary N) is 2. The number of nitrogens with zero attached hydrogens (tertiary/aromatic N) is 5. The molecule has 0 atom stereocenters. The van der Waals surface area contributed by atoms with E-state index in [4.69, 9.17) is 10.2 Å². The van der Waals surface area contributed by atoms with Crippen molar-refractivity contribution in [1.29, 1.82) is 5.26 Å². The predicted molar refractivity (Wildman–Crippen MR) is 152 cm³/mol. The lowest BCUT2D eigenvalue weighted by Crippen LogP contribution is -2.38. The standard InChI is InChI=1S/C31H27N7O/c32-19-29-33-15-11-28(37-29)35-24-12-16-38(17-13-24)20-21-6-8-23(9-7-21)30-25(22-4-2-1-3-5-22)18-26-27(36-30)10-14-34-31(26)39/h1-11,14-15,18,24H,12-13,16-17,20H2,(H,34,39)(H,33,35,37). The topological polar surface area (TPSA) is 111 Å². The third-order valence-electron chi connectivity index (χ3n) is 7.17. The number of aromatic nitrogens is 4. The van der Waals surface area contributed by atoms with Crippen LogP contribution in [0.25, 0.3) is 33.3 Å². The highest BCUT2D eigenvalue weighted by Gasteiger charge is 2.20. The van der Waals surface area contributed by atoms with Crippen LogP contribution in [0.3, 0.4) is 0 Å². The van der Waals surface area contributed by atoms with Crippen molar-refractivity contribution >= 4 is 16.7 Å². The van der Waals surface area contributed by atoms with Crippen molar-refractivity contribution in [2.75, 3.05) is 18.4 Å². The van der Waals surface area contributed by atoms with Crippen LogP contribution >= 0.6 is 0 Å². The zero-order valence-corrected chi connectivity index (χ0v) is 21.3. The van der Waals surface area contributed by atoms with Crippen LogP contribution in [0.1, 0.15) is 24.2 Å². The third-order valence-corrected chi connectivity index (χ3v) is 7.17. The summed E-state index contributed by atoms with van der Waals surface area (Å²) in [5, 5.41) is 13.0. The summed E-state index contributed by atoms with van der Waals surface area (Å²) in [6, 6.07) is 26.6. The Bertz CT molecular complexity index is 1700. The van der Waals surface area contributed by atoms with Gasteiger partial charge in [-0.05, 0) is 42.2 Å². The predicted octanol–water partition coefficient (Wildman–Crippen LogP) is 5.00. The van der Waals surface area contributed by atoms with Gasteiger partial charge in [-0.2, -0.15) is 5.26 Å². The van der Waals surface area contributed by atoms with Gasteiger partial charge in [-0.25, -0.2) is 15.0 Å². The number of anilines is 1. The molecule has 0 bridgehead atoms. The van der Waals surface area contributed by atoms with Gasteiger partial charge in [0.1, 0.15) is 11.9 Å².